The molecule has 0 unspecified atom stereocenters. The van der Waals surface area contributed by atoms with E-state index in [0.29, 0.717) is 5.92 Å². The van der Waals surface area contributed by atoms with Gasteiger partial charge in [0.05, 0.1) is 17.2 Å². The van der Waals surface area contributed by atoms with Gasteiger partial charge in [-0.05, 0) is 38.3 Å². The first-order valence-corrected chi connectivity index (χ1v) is 7.99. The lowest BCUT2D eigenvalue weighted by atomic mass is 10.2. The summed E-state index contributed by atoms with van der Waals surface area (Å²) in [4.78, 5) is 8.09. The number of hydrogen-bond acceptors (Lipinski definition) is 4. The molecule has 1 aromatic heterocycles. The summed E-state index contributed by atoms with van der Waals surface area (Å²) in [5.74, 6) is 0.581. The standard InChI is InChI=1S/C16H20N2OS/c1-3-18(13-7-5-4-6-11(13)2)16-17-15(12-8-9-12)14(10-19)20-16/h4-7,12,19H,3,8-10H2,1-2H3. The molecule has 0 radical (unpaired) electrons. The van der Waals surface area contributed by atoms with Gasteiger partial charge in [0.15, 0.2) is 5.13 Å². The first kappa shape index (κ1) is 13.6. The van der Waals surface area contributed by atoms with Crippen molar-refractivity contribution in [2.75, 3.05) is 11.4 Å². The summed E-state index contributed by atoms with van der Waals surface area (Å²) in [6, 6.07) is 8.38. The van der Waals surface area contributed by atoms with Crippen LogP contribution >= 0.6 is 11.3 Å². The highest BCUT2D eigenvalue weighted by Gasteiger charge is 2.30. The maximum atomic E-state index is 9.54. The minimum absolute atomic E-state index is 0.106. The summed E-state index contributed by atoms with van der Waals surface area (Å²) in [5.41, 5.74) is 3.58. The molecule has 106 valence electrons. The molecule has 1 fully saturated rings. The van der Waals surface area contributed by atoms with Crippen molar-refractivity contribution in [1.82, 2.24) is 4.98 Å². The van der Waals surface area contributed by atoms with E-state index in [4.69, 9.17) is 4.98 Å². The number of para-hydroxylation sites is 1. The number of anilines is 2. The first-order valence-electron chi connectivity index (χ1n) is 7.18. The van der Waals surface area contributed by atoms with E-state index >= 15 is 0 Å². The monoisotopic (exact) mass is 288 g/mol. The van der Waals surface area contributed by atoms with Crippen molar-refractivity contribution < 1.29 is 5.11 Å². The molecule has 1 saturated carbocycles. The van der Waals surface area contributed by atoms with Gasteiger partial charge in [-0.15, -0.1) is 0 Å². The van der Waals surface area contributed by atoms with Crippen LogP contribution in [0.1, 0.15) is 41.8 Å². The van der Waals surface area contributed by atoms with E-state index < -0.39 is 0 Å². The number of hydrogen-bond donors (Lipinski definition) is 1. The Labute approximate surface area is 123 Å². The Morgan fingerprint density at radius 2 is 2.10 bits per heavy atom. The number of aliphatic hydroxyl groups excluding tert-OH is 1. The minimum atomic E-state index is 0.106. The van der Waals surface area contributed by atoms with Gasteiger partial charge in [-0.3, -0.25) is 0 Å². The molecule has 0 atom stereocenters. The quantitative estimate of drug-likeness (QED) is 0.904. The van der Waals surface area contributed by atoms with Gasteiger partial charge in [-0.2, -0.15) is 0 Å². The molecule has 1 aliphatic carbocycles. The van der Waals surface area contributed by atoms with E-state index in [1.165, 1.54) is 24.1 Å². The third-order valence-electron chi connectivity index (χ3n) is 3.78. The van der Waals surface area contributed by atoms with Crippen molar-refractivity contribution in [1.29, 1.82) is 0 Å². The zero-order chi connectivity index (χ0) is 14.1. The highest BCUT2D eigenvalue weighted by molar-refractivity contribution is 7.15. The third kappa shape index (κ3) is 2.45. The smallest absolute Gasteiger partial charge is 0.190 e. The summed E-state index contributed by atoms with van der Waals surface area (Å²) in [5, 5.41) is 10.5. The number of nitrogens with zero attached hydrogens (tertiary/aromatic N) is 2. The molecule has 3 nitrogen and oxygen atoms in total. The molecular formula is C16H20N2OS. The fourth-order valence-corrected chi connectivity index (χ4v) is 3.61. The van der Waals surface area contributed by atoms with E-state index in [1.807, 2.05) is 0 Å². The molecule has 1 aromatic carbocycles. The van der Waals surface area contributed by atoms with Crippen LogP contribution in [0.15, 0.2) is 24.3 Å². The molecular weight excluding hydrogens is 268 g/mol. The number of aryl methyl sites for hydroxylation is 1. The average Bonchev–Trinajstić information content (AvgIpc) is 3.22. The Morgan fingerprint density at radius 3 is 2.70 bits per heavy atom. The van der Waals surface area contributed by atoms with E-state index in [9.17, 15) is 5.11 Å². The maximum Gasteiger partial charge on any atom is 0.190 e. The molecule has 3 rings (SSSR count). The molecule has 0 spiro atoms. The Balaban J connectivity index is 1.99. The van der Waals surface area contributed by atoms with Crippen LogP contribution in [0.4, 0.5) is 10.8 Å². The lowest BCUT2D eigenvalue weighted by Crippen LogP contribution is -2.16. The highest BCUT2D eigenvalue weighted by Crippen LogP contribution is 2.45. The molecule has 0 saturated heterocycles. The van der Waals surface area contributed by atoms with Crippen LogP contribution in [0.5, 0.6) is 0 Å². The van der Waals surface area contributed by atoms with Crippen LogP contribution in [0.3, 0.4) is 0 Å². The number of rotatable bonds is 5. The molecule has 1 aliphatic rings. The normalized spacial score (nSPS) is 14.6. The van der Waals surface area contributed by atoms with Gasteiger partial charge in [0.1, 0.15) is 0 Å². The van der Waals surface area contributed by atoms with Gasteiger partial charge in [0, 0.05) is 18.2 Å². The van der Waals surface area contributed by atoms with E-state index in [1.54, 1.807) is 11.3 Å². The van der Waals surface area contributed by atoms with Crippen LogP contribution in [-0.2, 0) is 6.61 Å². The molecule has 2 aromatic rings. The van der Waals surface area contributed by atoms with Crippen LogP contribution in [0, 0.1) is 6.92 Å². The molecule has 1 N–H and O–H groups in total. The fourth-order valence-electron chi connectivity index (χ4n) is 2.53. The molecule has 0 bridgehead atoms. The lowest BCUT2D eigenvalue weighted by molar-refractivity contribution is 0.284. The fraction of sp³-hybridized carbons (Fsp3) is 0.438. The number of aliphatic hydroxyl groups is 1. The predicted octanol–water partition coefficient (Wildman–Crippen LogP) is 3.98. The second-order valence-electron chi connectivity index (χ2n) is 5.27. The first-order chi connectivity index (χ1) is 9.74. The van der Waals surface area contributed by atoms with Crippen LogP contribution in [-0.4, -0.2) is 16.6 Å². The molecule has 0 amide bonds. The van der Waals surface area contributed by atoms with E-state index in [0.717, 1.165) is 22.2 Å². The Morgan fingerprint density at radius 1 is 1.35 bits per heavy atom. The molecule has 0 aliphatic heterocycles. The van der Waals surface area contributed by atoms with Crippen molar-refractivity contribution in [3.05, 3.63) is 40.4 Å². The van der Waals surface area contributed by atoms with Gasteiger partial charge < -0.3 is 10.0 Å². The van der Waals surface area contributed by atoms with Gasteiger partial charge in [0.25, 0.3) is 0 Å². The second-order valence-corrected chi connectivity index (χ2v) is 6.33. The summed E-state index contributed by atoms with van der Waals surface area (Å²) < 4.78 is 0. The zero-order valence-corrected chi connectivity index (χ0v) is 12.8. The summed E-state index contributed by atoms with van der Waals surface area (Å²) in [7, 11) is 0. The average molecular weight is 288 g/mol. The summed E-state index contributed by atoms with van der Waals surface area (Å²) in [6.45, 7) is 5.26. The SMILES string of the molecule is CCN(c1nc(C2CC2)c(CO)s1)c1ccccc1C. The summed E-state index contributed by atoms with van der Waals surface area (Å²) >= 11 is 1.63. The van der Waals surface area contributed by atoms with E-state index in [-0.39, 0.29) is 6.61 Å². The van der Waals surface area contributed by atoms with Crippen LogP contribution in [0.25, 0.3) is 0 Å². The number of benzene rings is 1. The van der Waals surface area contributed by atoms with Crippen molar-refractivity contribution in [2.24, 2.45) is 0 Å². The van der Waals surface area contributed by atoms with Crippen molar-refractivity contribution >= 4 is 22.2 Å². The lowest BCUT2D eigenvalue weighted by Gasteiger charge is -2.21. The number of thiazole rings is 1. The summed E-state index contributed by atoms with van der Waals surface area (Å²) in [6.07, 6.45) is 2.43. The van der Waals surface area contributed by atoms with Crippen molar-refractivity contribution in [3.63, 3.8) is 0 Å². The Bertz CT molecular complexity index is 604. The molecule has 1 heterocycles. The largest absolute Gasteiger partial charge is 0.391 e. The molecule has 4 heteroatoms. The van der Waals surface area contributed by atoms with Gasteiger partial charge >= 0.3 is 0 Å². The molecule has 20 heavy (non-hydrogen) atoms. The van der Waals surface area contributed by atoms with Crippen LogP contribution < -0.4 is 4.90 Å². The van der Waals surface area contributed by atoms with Gasteiger partial charge in [-0.1, -0.05) is 29.5 Å². The topological polar surface area (TPSA) is 36.4 Å². The van der Waals surface area contributed by atoms with Gasteiger partial charge in [0.2, 0.25) is 0 Å². The third-order valence-corrected chi connectivity index (χ3v) is 4.86. The van der Waals surface area contributed by atoms with Crippen molar-refractivity contribution in [3.8, 4) is 0 Å². The minimum Gasteiger partial charge on any atom is -0.391 e. The highest BCUT2D eigenvalue weighted by atomic mass is 32.1. The Hall–Kier alpha value is -1.39. The Kier molecular flexibility index (Phi) is 3.76. The van der Waals surface area contributed by atoms with E-state index in [2.05, 4.69) is 43.0 Å². The maximum absolute atomic E-state index is 9.54. The number of aromatic nitrogens is 1. The zero-order valence-electron chi connectivity index (χ0n) is 12.0. The second kappa shape index (κ2) is 5.54. The predicted molar refractivity (Wildman–Crippen MR) is 83.9 cm³/mol. The van der Waals surface area contributed by atoms with Crippen molar-refractivity contribution in [2.45, 2.75) is 39.2 Å². The van der Waals surface area contributed by atoms with Crippen LogP contribution in [0.2, 0.25) is 0 Å². The van der Waals surface area contributed by atoms with Gasteiger partial charge in [-0.25, -0.2) is 4.98 Å².